The Morgan fingerprint density at radius 3 is 2.17 bits per heavy atom. The first-order chi connectivity index (χ1) is 10.9. The molecule has 0 spiro atoms. The Morgan fingerprint density at radius 2 is 1.65 bits per heavy atom. The van der Waals surface area contributed by atoms with Crippen LogP contribution in [0.15, 0.2) is 0 Å². The number of nitrogens with zero attached hydrogens (tertiary/aromatic N) is 3. The molecule has 2 aliphatic heterocycles. The number of aliphatic carboxylic acids is 1. The van der Waals surface area contributed by atoms with Crippen molar-refractivity contribution in [2.45, 2.75) is 64.1 Å². The molecular weight excluding hydrogens is 294 g/mol. The Kier molecular flexibility index (Phi) is 6.41. The second-order valence-electron chi connectivity index (χ2n) is 7.25. The summed E-state index contributed by atoms with van der Waals surface area (Å²) in [6.45, 7) is 6.64. The summed E-state index contributed by atoms with van der Waals surface area (Å²) in [6, 6.07) is 1.02. The largest absolute Gasteiger partial charge is 0.480 e. The van der Waals surface area contributed by atoms with Crippen molar-refractivity contribution >= 4 is 11.9 Å². The second-order valence-corrected chi connectivity index (χ2v) is 7.25. The van der Waals surface area contributed by atoms with Crippen LogP contribution in [0.25, 0.3) is 0 Å². The monoisotopic (exact) mass is 325 g/mol. The molecule has 6 nitrogen and oxygen atoms in total. The van der Waals surface area contributed by atoms with Crippen LogP contribution in [0, 0.1) is 0 Å². The third kappa shape index (κ3) is 4.91. The number of piperidine rings is 2. The molecule has 0 aromatic carbocycles. The molecule has 2 unspecified atom stereocenters. The van der Waals surface area contributed by atoms with Gasteiger partial charge in [-0.05, 0) is 53.0 Å². The third-order valence-electron chi connectivity index (χ3n) is 5.41. The van der Waals surface area contributed by atoms with Gasteiger partial charge in [0.15, 0.2) is 0 Å². The van der Waals surface area contributed by atoms with Gasteiger partial charge in [0.2, 0.25) is 5.91 Å². The molecule has 6 heteroatoms. The molecule has 1 N–H and O–H groups in total. The van der Waals surface area contributed by atoms with Crippen LogP contribution in [-0.4, -0.2) is 83.0 Å². The van der Waals surface area contributed by atoms with Gasteiger partial charge < -0.3 is 10.0 Å². The second kappa shape index (κ2) is 8.11. The predicted molar refractivity (Wildman–Crippen MR) is 89.3 cm³/mol. The lowest BCUT2D eigenvalue weighted by Gasteiger charge is -2.41. The summed E-state index contributed by atoms with van der Waals surface area (Å²) >= 11 is 0. The standard InChI is InChI=1S/C17H31N3O3/c1-13-5-4-6-14(2)20(13)16(21)11-19-9-7-15(8-10-19)18(3)12-17(22)23/h13-15H,4-12H2,1-3H3,(H,22,23). The minimum Gasteiger partial charge on any atom is -0.480 e. The van der Waals surface area contributed by atoms with Gasteiger partial charge >= 0.3 is 5.97 Å². The number of likely N-dealkylation sites (tertiary alicyclic amines) is 2. The highest BCUT2D eigenvalue weighted by Crippen LogP contribution is 2.23. The number of hydrogen-bond acceptors (Lipinski definition) is 4. The van der Waals surface area contributed by atoms with Gasteiger partial charge in [-0.2, -0.15) is 0 Å². The highest BCUT2D eigenvalue weighted by molar-refractivity contribution is 5.79. The molecule has 0 radical (unpaired) electrons. The average Bonchev–Trinajstić information content (AvgIpc) is 2.47. The normalized spacial score (nSPS) is 27.4. The molecule has 2 aliphatic rings. The van der Waals surface area contributed by atoms with Crippen molar-refractivity contribution in [1.29, 1.82) is 0 Å². The van der Waals surface area contributed by atoms with Crippen LogP contribution < -0.4 is 0 Å². The van der Waals surface area contributed by atoms with Crippen molar-refractivity contribution in [2.75, 3.05) is 33.2 Å². The minimum absolute atomic E-state index is 0.0897. The number of carbonyl (C=O) groups is 2. The van der Waals surface area contributed by atoms with Gasteiger partial charge in [-0.1, -0.05) is 0 Å². The van der Waals surface area contributed by atoms with E-state index in [1.165, 1.54) is 6.42 Å². The number of rotatable bonds is 5. The van der Waals surface area contributed by atoms with Gasteiger partial charge in [0.05, 0.1) is 13.1 Å². The van der Waals surface area contributed by atoms with Crippen LogP contribution in [0.1, 0.15) is 46.0 Å². The maximum Gasteiger partial charge on any atom is 0.317 e. The van der Waals surface area contributed by atoms with E-state index in [0.29, 0.717) is 24.7 Å². The molecule has 0 bridgehead atoms. The zero-order chi connectivity index (χ0) is 17.0. The number of carboxylic acid groups (broad SMARTS) is 1. The fourth-order valence-electron chi connectivity index (χ4n) is 4.05. The summed E-state index contributed by atoms with van der Waals surface area (Å²) in [5, 5.41) is 8.88. The topological polar surface area (TPSA) is 64.1 Å². The molecule has 2 rings (SSSR count). The Labute approximate surface area is 139 Å². The number of carbonyl (C=O) groups excluding carboxylic acids is 1. The number of likely N-dealkylation sites (N-methyl/N-ethyl adjacent to an activating group) is 1. The lowest BCUT2D eigenvalue weighted by Crippen LogP contribution is -2.53. The van der Waals surface area contributed by atoms with Gasteiger partial charge in [-0.15, -0.1) is 0 Å². The van der Waals surface area contributed by atoms with E-state index in [-0.39, 0.29) is 12.5 Å². The molecule has 0 aromatic heterocycles. The van der Waals surface area contributed by atoms with Crippen LogP contribution in [0.5, 0.6) is 0 Å². The third-order valence-corrected chi connectivity index (χ3v) is 5.41. The SMILES string of the molecule is CC1CCCC(C)N1C(=O)CN1CCC(N(C)CC(=O)O)CC1. The molecule has 132 valence electrons. The van der Waals surface area contributed by atoms with Crippen LogP contribution >= 0.6 is 0 Å². The van der Waals surface area contributed by atoms with E-state index >= 15 is 0 Å². The Bertz CT molecular complexity index is 411. The van der Waals surface area contributed by atoms with Gasteiger partial charge in [-0.3, -0.25) is 19.4 Å². The Morgan fingerprint density at radius 1 is 1.09 bits per heavy atom. The molecule has 2 atom stereocenters. The zero-order valence-electron chi connectivity index (χ0n) is 14.7. The molecular formula is C17H31N3O3. The first-order valence-corrected chi connectivity index (χ1v) is 8.84. The van der Waals surface area contributed by atoms with Gasteiger partial charge in [0.25, 0.3) is 0 Å². The molecule has 0 aliphatic carbocycles. The average molecular weight is 325 g/mol. The van der Waals surface area contributed by atoms with E-state index in [9.17, 15) is 9.59 Å². The quantitative estimate of drug-likeness (QED) is 0.824. The van der Waals surface area contributed by atoms with Gasteiger partial charge in [0.1, 0.15) is 0 Å². The fraction of sp³-hybridized carbons (Fsp3) is 0.882. The summed E-state index contributed by atoms with van der Waals surface area (Å²) in [7, 11) is 1.87. The highest BCUT2D eigenvalue weighted by Gasteiger charge is 2.31. The van der Waals surface area contributed by atoms with Crippen LogP contribution in [0.4, 0.5) is 0 Å². The summed E-state index contributed by atoms with van der Waals surface area (Å²) in [4.78, 5) is 29.7. The van der Waals surface area contributed by atoms with Crippen LogP contribution in [0.2, 0.25) is 0 Å². The lowest BCUT2D eigenvalue weighted by atomic mass is 9.97. The first-order valence-electron chi connectivity index (χ1n) is 8.84. The summed E-state index contributed by atoms with van der Waals surface area (Å²) in [5.74, 6) is -0.528. The van der Waals surface area contributed by atoms with Crippen molar-refractivity contribution < 1.29 is 14.7 Å². The first kappa shape index (κ1) is 18.2. The minimum atomic E-state index is -0.779. The predicted octanol–water partition coefficient (Wildman–Crippen LogP) is 1.26. The summed E-state index contributed by atoms with van der Waals surface area (Å²) in [6.07, 6.45) is 5.30. The van der Waals surface area contributed by atoms with Crippen molar-refractivity contribution in [3.8, 4) is 0 Å². The van der Waals surface area contributed by atoms with Crippen molar-refractivity contribution in [2.24, 2.45) is 0 Å². The van der Waals surface area contributed by atoms with E-state index in [0.717, 1.165) is 38.8 Å². The van der Waals surface area contributed by atoms with E-state index < -0.39 is 5.97 Å². The molecule has 1 amide bonds. The maximum absolute atomic E-state index is 12.6. The summed E-state index contributed by atoms with van der Waals surface area (Å²) in [5.41, 5.74) is 0. The molecule has 2 fully saturated rings. The van der Waals surface area contributed by atoms with Crippen molar-refractivity contribution in [3.05, 3.63) is 0 Å². The van der Waals surface area contributed by atoms with Gasteiger partial charge in [-0.25, -0.2) is 0 Å². The number of carboxylic acids is 1. The molecule has 0 aromatic rings. The van der Waals surface area contributed by atoms with E-state index in [1.54, 1.807) is 0 Å². The van der Waals surface area contributed by atoms with Crippen molar-refractivity contribution in [1.82, 2.24) is 14.7 Å². The highest BCUT2D eigenvalue weighted by atomic mass is 16.4. The number of hydrogen-bond donors (Lipinski definition) is 1. The van der Waals surface area contributed by atoms with Crippen molar-refractivity contribution in [3.63, 3.8) is 0 Å². The zero-order valence-corrected chi connectivity index (χ0v) is 14.7. The molecule has 23 heavy (non-hydrogen) atoms. The molecule has 2 heterocycles. The smallest absolute Gasteiger partial charge is 0.317 e. The Balaban J connectivity index is 1.79. The summed E-state index contributed by atoms with van der Waals surface area (Å²) < 4.78 is 0. The van der Waals surface area contributed by atoms with E-state index in [4.69, 9.17) is 5.11 Å². The lowest BCUT2D eigenvalue weighted by molar-refractivity contribution is -0.138. The van der Waals surface area contributed by atoms with E-state index in [2.05, 4.69) is 23.6 Å². The van der Waals surface area contributed by atoms with Gasteiger partial charge in [0, 0.05) is 31.2 Å². The Hall–Kier alpha value is -1.14. The molecule has 0 saturated carbocycles. The van der Waals surface area contributed by atoms with Crippen LogP contribution in [-0.2, 0) is 9.59 Å². The van der Waals surface area contributed by atoms with E-state index in [1.807, 2.05) is 11.9 Å². The number of amides is 1. The molecule has 2 saturated heterocycles. The maximum atomic E-state index is 12.6. The van der Waals surface area contributed by atoms with Crippen LogP contribution in [0.3, 0.4) is 0 Å². The fourth-order valence-corrected chi connectivity index (χ4v) is 4.05.